The highest BCUT2D eigenvalue weighted by atomic mass is 16.6. The third-order valence-electron chi connectivity index (χ3n) is 5.03. The summed E-state index contributed by atoms with van der Waals surface area (Å²) >= 11 is 0. The largest absolute Gasteiger partial charge is 0.486 e. The molecule has 3 atom stereocenters. The summed E-state index contributed by atoms with van der Waals surface area (Å²) < 4.78 is 11.3. The van der Waals surface area contributed by atoms with Gasteiger partial charge in [0.2, 0.25) is 0 Å². The van der Waals surface area contributed by atoms with E-state index >= 15 is 0 Å². The summed E-state index contributed by atoms with van der Waals surface area (Å²) in [5.74, 6) is 2.63. The molecule has 1 aromatic carbocycles. The molecule has 4 heteroatoms. The van der Waals surface area contributed by atoms with E-state index in [1.54, 1.807) is 0 Å². The molecule has 1 aromatic rings. The van der Waals surface area contributed by atoms with Gasteiger partial charge in [-0.3, -0.25) is 4.90 Å². The average molecular weight is 274 g/mol. The van der Waals surface area contributed by atoms with Gasteiger partial charge in [-0.15, -0.1) is 0 Å². The van der Waals surface area contributed by atoms with E-state index < -0.39 is 0 Å². The average Bonchev–Trinajstić information content (AvgIpc) is 3.11. The van der Waals surface area contributed by atoms with Crippen molar-refractivity contribution in [2.75, 3.05) is 26.3 Å². The first-order valence-electron chi connectivity index (χ1n) is 7.70. The maximum absolute atomic E-state index is 6.08. The molecule has 1 saturated heterocycles. The van der Waals surface area contributed by atoms with Gasteiger partial charge >= 0.3 is 0 Å². The van der Waals surface area contributed by atoms with Crippen LogP contribution < -0.4 is 15.2 Å². The van der Waals surface area contributed by atoms with E-state index in [4.69, 9.17) is 15.2 Å². The topological polar surface area (TPSA) is 47.7 Å². The van der Waals surface area contributed by atoms with Crippen LogP contribution in [0.3, 0.4) is 0 Å². The molecule has 3 aliphatic rings. The van der Waals surface area contributed by atoms with Gasteiger partial charge < -0.3 is 15.2 Å². The van der Waals surface area contributed by atoms with Crippen LogP contribution in [0.25, 0.3) is 0 Å². The highest BCUT2D eigenvalue weighted by Gasteiger charge is 2.41. The zero-order valence-corrected chi connectivity index (χ0v) is 11.8. The van der Waals surface area contributed by atoms with Crippen molar-refractivity contribution >= 4 is 0 Å². The van der Waals surface area contributed by atoms with E-state index in [0.29, 0.717) is 25.8 Å². The minimum atomic E-state index is 0.320. The Morgan fingerprint density at radius 2 is 2.05 bits per heavy atom. The molecule has 2 bridgehead atoms. The number of nitrogens with zero attached hydrogens (tertiary/aromatic N) is 1. The Kier molecular flexibility index (Phi) is 3.08. The van der Waals surface area contributed by atoms with Gasteiger partial charge in [0.05, 0.1) is 0 Å². The number of hydrogen-bond acceptors (Lipinski definition) is 4. The highest BCUT2D eigenvalue weighted by molar-refractivity contribution is 5.44. The summed E-state index contributed by atoms with van der Waals surface area (Å²) in [4.78, 5) is 2.61. The van der Waals surface area contributed by atoms with Crippen molar-refractivity contribution in [1.29, 1.82) is 0 Å². The molecule has 20 heavy (non-hydrogen) atoms. The zero-order chi connectivity index (χ0) is 13.5. The van der Waals surface area contributed by atoms with Crippen molar-refractivity contribution in [3.63, 3.8) is 0 Å². The minimum absolute atomic E-state index is 0.320. The van der Waals surface area contributed by atoms with Crippen LogP contribution in [0.5, 0.6) is 11.5 Å². The summed E-state index contributed by atoms with van der Waals surface area (Å²) in [6, 6.07) is 7.36. The number of rotatable bonds is 3. The number of likely N-dealkylation sites (tertiary alicyclic amines) is 1. The number of ether oxygens (including phenoxy) is 2. The lowest BCUT2D eigenvalue weighted by molar-refractivity contribution is 0.150. The van der Waals surface area contributed by atoms with Gasteiger partial charge in [0.15, 0.2) is 11.5 Å². The van der Waals surface area contributed by atoms with Crippen LogP contribution in [-0.2, 0) is 0 Å². The third kappa shape index (κ3) is 1.98. The minimum Gasteiger partial charge on any atom is -0.486 e. The standard InChI is InChI=1S/C16H22N2O2/c17-9-14(18-10-11-1-3-13(18)7-11)12-2-4-15-16(8-12)20-6-5-19-15/h2,4,8,11,13-14H,1,3,5-7,9-10,17H2. The number of benzene rings is 1. The number of fused-ring (bicyclic) bond motifs is 3. The molecule has 3 unspecified atom stereocenters. The summed E-state index contributed by atoms with van der Waals surface area (Å²) in [7, 11) is 0. The Balaban J connectivity index is 1.61. The Labute approximate surface area is 119 Å². The summed E-state index contributed by atoms with van der Waals surface area (Å²) in [6.07, 6.45) is 4.10. The van der Waals surface area contributed by atoms with Crippen molar-refractivity contribution < 1.29 is 9.47 Å². The molecule has 0 radical (unpaired) electrons. The second-order valence-corrected chi connectivity index (χ2v) is 6.18. The Hall–Kier alpha value is -1.26. The molecule has 2 heterocycles. The first-order chi connectivity index (χ1) is 9.85. The molecule has 4 rings (SSSR count). The maximum Gasteiger partial charge on any atom is 0.161 e. The molecular formula is C16H22N2O2. The van der Waals surface area contributed by atoms with Crippen LogP contribution >= 0.6 is 0 Å². The second-order valence-electron chi connectivity index (χ2n) is 6.18. The highest BCUT2D eigenvalue weighted by Crippen LogP contribution is 2.43. The van der Waals surface area contributed by atoms with Gasteiger partial charge in [-0.25, -0.2) is 0 Å². The lowest BCUT2D eigenvalue weighted by atomic mass is 10.0. The van der Waals surface area contributed by atoms with Crippen LogP contribution in [-0.4, -0.2) is 37.2 Å². The number of nitrogens with two attached hydrogens (primary N) is 1. The van der Waals surface area contributed by atoms with Gasteiger partial charge in [-0.05, 0) is 42.9 Å². The fraction of sp³-hybridized carbons (Fsp3) is 0.625. The lowest BCUT2D eigenvalue weighted by Gasteiger charge is -2.35. The predicted molar refractivity (Wildman–Crippen MR) is 77.1 cm³/mol. The first-order valence-corrected chi connectivity index (χ1v) is 7.70. The van der Waals surface area contributed by atoms with Crippen molar-refractivity contribution in [2.24, 2.45) is 11.7 Å². The molecule has 1 saturated carbocycles. The van der Waals surface area contributed by atoms with Crippen LogP contribution in [0.4, 0.5) is 0 Å². The van der Waals surface area contributed by atoms with E-state index in [0.717, 1.165) is 23.5 Å². The van der Waals surface area contributed by atoms with Crippen molar-refractivity contribution in [2.45, 2.75) is 31.3 Å². The fourth-order valence-corrected chi connectivity index (χ4v) is 4.07. The summed E-state index contributed by atoms with van der Waals surface area (Å²) in [5, 5.41) is 0. The van der Waals surface area contributed by atoms with Crippen LogP contribution in [0.1, 0.15) is 30.9 Å². The van der Waals surface area contributed by atoms with Crippen LogP contribution in [0.15, 0.2) is 18.2 Å². The normalized spacial score (nSPS) is 29.6. The van der Waals surface area contributed by atoms with Gasteiger partial charge in [0, 0.05) is 25.2 Å². The molecule has 0 aromatic heterocycles. The van der Waals surface area contributed by atoms with Crippen molar-refractivity contribution in [1.82, 2.24) is 4.90 Å². The smallest absolute Gasteiger partial charge is 0.161 e. The van der Waals surface area contributed by atoms with Crippen molar-refractivity contribution in [3.8, 4) is 11.5 Å². The zero-order valence-electron chi connectivity index (χ0n) is 11.8. The molecule has 2 fully saturated rings. The van der Waals surface area contributed by atoms with Gasteiger partial charge in [-0.1, -0.05) is 6.07 Å². The molecule has 1 aliphatic carbocycles. The first kappa shape index (κ1) is 12.5. The number of hydrogen-bond donors (Lipinski definition) is 1. The van der Waals surface area contributed by atoms with E-state index in [-0.39, 0.29) is 0 Å². The Morgan fingerprint density at radius 1 is 1.20 bits per heavy atom. The molecule has 2 N–H and O–H groups in total. The molecule has 108 valence electrons. The van der Waals surface area contributed by atoms with Gasteiger partial charge in [-0.2, -0.15) is 0 Å². The quantitative estimate of drug-likeness (QED) is 0.915. The maximum atomic E-state index is 6.08. The van der Waals surface area contributed by atoms with Crippen LogP contribution in [0.2, 0.25) is 0 Å². The Morgan fingerprint density at radius 3 is 2.75 bits per heavy atom. The molecule has 4 nitrogen and oxygen atoms in total. The lowest BCUT2D eigenvalue weighted by Crippen LogP contribution is -2.39. The summed E-state index contributed by atoms with van der Waals surface area (Å²) in [6.45, 7) is 3.16. The molecule has 0 spiro atoms. The SMILES string of the molecule is NCC(c1ccc2c(c1)OCCO2)N1CC2CCC1C2. The monoisotopic (exact) mass is 274 g/mol. The van der Waals surface area contributed by atoms with Crippen molar-refractivity contribution in [3.05, 3.63) is 23.8 Å². The molecule has 2 aliphatic heterocycles. The van der Waals surface area contributed by atoms with Gasteiger partial charge in [0.25, 0.3) is 0 Å². The summed E-state index contributed by atoms with van der Waals surface area (Å²) in [5.41, 5.74) is 7.35. The predicted octanol–water partition coefficient (Wildman–Crippen LogP) is 1.94. The van der Waals surface area contributed by atoms with E-state index in [1.165, 1.54) is 31.4 Å². The molecular weight excluding hydrogens is 252 g/mol. The van der Waals surface area contributed by atoms with E-state index in [9.17, 15) is 0 Å². The number of piperidine rings is 1. The third-order valence-corrected chi connectivity index (χ3v) is 5.03. The Bertz CT molecular complexity index is 505. The van der Waals surface area contributed by atoms with Gasteiger partial charge in [0.1, 0.15) is 13.2 Å². The molecule has 0 amide bonds. The van der Waals surface area contributed by atoms with Crippen LogP contribution in [0, 0.1) is 5.92 Å². The van der Waals surface area contributed by atoms with E-state index in [1.807, 2.05) is 6.07 Å². The van der Waals surface area contributed by atoms with E-state index in [2.05, 4.69) is 17.0 Å². The second kappa shape index (κ2) is 4.93. The fourth-order valence-electron chi connectivity index (χ4n) is 4.07.